The SMILES string of the molecule is OCC1CCCC1Nc1ccncc1Cl. The highest BCUT2D eigenvalue weighted by atomic mass is 35.5. The van der Waals surface area contributed by atoms with Crippen LogP contribution in [0.4, 0.5) is 5.69 Å². The third kappa shape index (κ3) is 2.41. The molecule has 0 bridgehead atoms. The Hall–Kier alpha value is -0.800. The van der Waals surface area contributed by atoms with E-state index in [0.29, 0.717) is 17.0 Å². The fraction of sp³-hybridized carbons (Fsp3) is 0.545. The molecule has 0 saturated heterocycles. The molecule has 3 nitrogen and oxygen atoms in total. The van der Waals surface area contributed by atoms with Gasteiger partial charge in [-0.1, -0.05) is 18.0 Å². The molecule has 1 fully saturated rings. The van der Waals surface area contributed by atoms with Gasteiger partial charge in [-0.3, -0.25) is 4.98 Å². The molecule has 1 aromatic rings. The van der Waals surface area contributed by atoms with Gasteiger partial charge in [0, 0.05) is 31.0 Å². The van der Waals surface area contributed by atoms with E-state index in [2.05, 4.69) is 10.3 Å². The van der Waals surface area contributed by atoms with E-state index in [0.717, 1.165) is 18.5 Å². The van der Waals surface area contributed by atoms with Crippen molar-refractivity contribution >= 4 is 17.3 Å². The summed E-state index contributed by atoms with van der Waals surface area (Å²) in [6.07, 6.45) is 6.72. The molecule has 1 saturated carbocycles. The van der Waals surface area contributed by atoms with E-state index < -0.39 is 0 Å². The first-order valence-electron chi connectivity index (χ1n) is 5.28. The van der Waals surface area contributed by atoms with E-state index in [4.69, 9.17) is 11.6 Å². The minimum absolute atomic E-state index is 0.250. The normalized spacial score (nSPS) is 25.5. The van der Waals surface area contributed by atoms with Gasteiger partial charge in [-0.15, -0.1) is 0 Å². The van der Waals surface area contributed by atoms with Crippen LogP contribution in [0.25, 0.3) is 0 Å². The van der Waals surface area contributed by atoms with Crippen LogP contribution in [0.3, 0.4) is 0 Å². The summed E-state index contributed by atoms with van der Waals surface area (Å²) >= 11 is 6.01. The van der Waals surface area contributed by atoms with Crippen LogP contribution in [0.2, 0.25) is 5.02 Å². The van der Waals surface area contributed by atoms with Crippen molar-refractivity contribution in [3.63, 3.8) is 0 Å². The minimum Gasteiger partial charge on any atom is -0.396 e. The largest absolute Gasteiger partial charge is 0.396 e. The van der Waals surface area contributed by atoms with Crippen molar-refractivity contribution in [2.75, 3.05) is 11.9 Å². The van der Waals surface area contributed by atoms with Gasteiger partial charge in [0.2, 0.25) is 0 Å². The standard InChI is InChI=1S/C11H15ClN2O/c12-9-6-13-5-4-11(9)14-10-3-1-2-8(10)7-15/h4-6,8,10,15H,1-3,7H2,(H,13,14). The number of pyridine rings is 1. The Kier molecular flexibility index (Phi) is 3.44. The smallest absolute Gasteiger partial charge is 0.0820 e. The number of aromatic nitrogens is 1. The van der Waals surface area contributed by atoms with E-state index in [9.17, 15) is 5.11 Å². The number of hydrogen-bond donors (Lipinski definition) is 2. The third-order valence-electron chi connectivity index (χ3n) is 3.01. The summed E-state index contributed by atoms with van der Waals surface area (Å²) in [7, 11) is 0. The average Bonchev–Trinajstić information content (AvgIpc) is 2.69. The van der Waals surface area contributed by atoms with Crippen LogP contribution in [0, 0.1) is 5.92 Å². The van der Waals surface area contributed by atoms with Crippen molar-refractivity contribution in [1.29, 1.82) is 0 Å². The van der Waals surface area contributed by atoms with Gasteiger partial charge in [0.05, 0.1) is 10.7 Å². The first-order valence-corrected chi connectivity index (χ1v) is 5.66. The van der Waals surface area contributed by atoms with Crippen molar-refractivity contribution in [1.82, 2.24) is 4.98 Å². The number of hydrogen-bond acceptors (Lipinski definition) is 3. The van der Waals surface area contributed by atoms with Crippen molar-refractivity contribution < 1.29 is 5.11 Å². The second kappa shape index (κ2) is 4.81. The Morgan fingerprint density at radius 3 is 3.13 bits per heavy atom. The molecule has 2 unspecified atom stereocenters. The lowest BCUT2D eigenvalue weighted by atomic mass is 10.1. The van der Waals surface area contributed by atoms with Gasteiger partial charge in [0.25, 0.3) is 0 Å². The number of nitrogens with one attached hydrogen (secondary N) is 1. The van der Waals surface area contributed by atoms with Gasteiger partial charge in [-0.25, -0.2) is 0 Å². The molecule has 0 aliphatic heterocycles. The van der Waals surface area contributed by atoms with Crippen LogP contribution in [-0.2, 0) is 0 Å². The fourth-order valence-corrected chi connectivity index (χ4v) is 2.31. The fourth-order valence-electron chi connectivity index (χ4n) is 2.14. The molecular formula is C11H15ClN2O. The minimum atomic E-state index is 0.250. The molecule has 4 heteroatoms. The molecule has 0 spiro atoms. The lowest BCUT2D eigenvalue weighted by Crippen LogP contribution is -2.26. The number of anilines is 1. The van der Waals surface area contributed by atoms with Crippen molar-refractivity contribution in [3.05, 3.63) is 23.5 Å². The summed E-state index contributed by atoms with van der Waals surface area (Å²) in [5, 5.41) is 13.2. The molecule has 2 rings (SSSR count). The molecule has 1 heterocycles. The monoisotopic (exact) mass is 226 g/mol. The molecule has 0 radical (unpaired) electrons. The highest BCUT2D eigenvalue weighted by Crippen LogP contribution is 2.30. The van der Waals surface area contributed by atoms with Crippen LogP contribution < -0.4 is 5.32 Å². The van der Waals surface area contributed by atoms with Gasteiger partial charge in [-0.05, 0) is 18.9 Å². The Bertz CT molecular complexity index is 332. The van der Waals surface area contributed by atoms with Crippen LogP contribution in [0.1, 0.15) is 19.3 Å². The number of rotatable bonds is 3. The molecule has 0 aromatic carbocycles. The van der Waals surface area contributed by atoms with Crippen molar-refractivity contribution in [2.45, 2.75) is 25.3 Å². The van der Waals surface area contributed by atoms with Gasteiger partial charge in [-0.2, -0.15) is 0 Å². The Balaban J connectivity index is 2.05. The first kappa shape index (κ1) is 10.7. The van der Waals surface area contributed by atoms with Crippen molar-refractivity contribution in [2.24, 2.45) is 5.92 Å². The van der Waals surface area contributed by atoms with Gasteiger partial charge in [0.15, 0.2) is 0 Å². The van der Waals surface area contributed by atoms with Gasteiger partial charge < -0.3 is 10.4 Å². The zero-order valence-electron chi connectivity index (χ0n) is 8.49. The number of halogens is 1. The zero-order chi connectivity index (χ0) is 10.7. The average molecular weight is 227 g/mol. The van der Waals surface area contributed by atoms with Crippen LogP contribution in [-0.4, -0.2) is 22.7 Å². The molecule has 82 valence electrons. The predicted molar refractivity (Wildman–Crippen MR) is 61.1 cm³/mol. The van der Waals surface area contributed by atoms with Crippen LogP contribution in [0.5, 0.6) is 0 Å². The Morgan fingerprint density at radius 2 is 2.40 bits per heavy atom. The molecule has 0 amide bonds. The molecule has 1 aliphatic rings. The predicted octanol–water partition coefficient (Wildman–Crippen LogP) is 2.31. The molecule has 2 N–H and O–H groups in total. The summed E-state index contributed by atoms with van der Waals surface area (Å²) in [5.41, 5.74) is 0.914. The van der Waals surface area contributed by atoms with Gasteiger partial charge in [0.1, 0.15) is 0 Å². The summed E-state index contributed by atoms with van der Waals surface area (Å²) in [4.78, 5) is 3.94. The third-order valence-corrected chi connectivity index (χ3v) is 3.31. The van der Waals surface area contributed by atoms with E-state index >= 15 is 0 Å². The number of nitrogens with zero attached hydrogens (tertiary/aromatic N) is 1. The maximum absolute atomic E-state index is 9.20. The van der Waals surface area contributed by atoms with E-state index in [1.165, 1.54) is 6.42 Å². The summed E-state index contributed by atoms with van der Waals surface area (Å²) in [6, 6.07) is 2.21. The maximum atomic E-state index is 9.20. The van der Waals surface area contributed by atoms with Crippen molar-refractivity contribution in [3.8, 4) is 0 Å². The van der Waals surface area contributed by atoms with E-state index in [1.54, 1.807) is 12.4 Å². The summed E-state index contributed by atoms with van der Waals surface area (Å²) in [6.45, 7) is 0.250. The van der Waals surface area contributed by atoms with E-state index in [-0.39, 0.29) is 6.61 Å². The van der Waals surface area contributed by atoms with Gasteiger partial charge >= 0.3 is 0 Å². The van der Waals surface area contributed by atoms with Crippen LogP contribution in [0.15, 0.2) is 18.5 Å². The molecule has 1 aliphatic carbocycles. The van der Waals surface area contributed by atoms with Crippen LogP contribution >= 0.6 is 11.6 Å². The number of aliphatic hydroxyl groups excluding tert-OH is 1. The molecule has 15 heavy (non-hydrogen) atoms. The Labute approximate surface area is 94.5 Å². The second-order valence-corrected chi connectivity index (χ2v) is 4.39. The zero-order valence-corrected chi connectivity index (χ0v) is 9.24. The highest BCUT2D eigenvalue weighted by molar-refractivity contribution is 6.33. The maximum Gasteiger partial charge on any atom is 0.0820 e. The highest BCUT2D eigenvalue weighted by Gasteiger charge is 2.26. The Morgan fingerprint density at radius 1 is 1.53 bits per heavy atom. The molecule has 1 aromatic heterocycles. The topological polar surface area (TPSA) is 45.1 Å². The summed E-state index contributed by atoms with van der Waals surface area (Å²) in [5.74, 6) is 0.356. The molecule has 2 atom stereocenters. The lowest BCUT2D eigenvalue weighted by molar-refractivity contribution is 0.222. The second-order valence-electron chi connectivity index (χ2n) is 3.98. The first-order chi connectivity index (χ1) is 7.31. The molecular weight excluding hydrogens is 212 g/mol. The number of aliphatic hydroxyl groups is 1. The quantitative estimate of drug-likeness (QED) is 0.832. The summed E-state index contributed by atoms with van der Waals surface area (Å²) < 4.78 is 0. The van der Waals surface area contributed by atoms with E-state index in [1.807, 2.05) is 6.07 Å². The lowest BCUT2D eigenvalue weighted by Gasteiger charge is -2.20.